The first-order chi connectivity index (χ1) is 9.12. The molecule has 0 aliphatic heterocycles. The minimum atomic E-state index is 0.128. The summed E-state index contributed by atoms with van der Waals surface area (Å²) in [6.45, 7) is 3.18. The van der Waals surface area contributed by atoms with E-state index in [4.69, 9.17) is 10.5 Å². The van der Waals surface area contributed by atoms with Gasteiger partial charge in [0.15, 0.2) is 0 Å². The molecule has 0 aliphatic rings. The van der Waals surface area contributed by atoms with E-state index >= 15 is 0 Å². The zero-order valence-electron chi connectivity index (χ0n) is 12.1. The van der Waals surface area contributed by atoms with E-state index in [1.54, 1.807) is 12.0 Å². The Kier molecular flexibility index (Phi) is 6.36. The molecular weight excluding hydrogens is 240 g/mol. The zero-order chi connectivity index (χ0) is 14.3. The number of amides is 1. The molecule has 0 aliphatic carbocycles. The lowest BCUT2D eigenvalue weighted by Crippen LogP contribution is -2.30. The maximum absolute atomic E-state index is 12.1. The van der Waals surface area contributed by atoms with Crippen LogP contribution in [-0.4, -0.2) is 31.5 Å². The summed E-state index contributed by atoms with van der Waals surface area (Å²) in [5.41, 5.74) is 6.65. The Labute approximate surface area is 115 Å². The lowest BCUT2D eigenvalue weighted by Gasteiger charge is -2.21. The fraction of sp³-hybridized carbons (Fsp3) is 0.533. The highest BCUT2D eigenvalue weighted by Gasteiger charge is 2.15. The second kappa shape index (κ2) is 7.79. The van der Waals surface area contributed by atoms with Crippen LogP contribution in [0, 0.1) is 5.92 Å². The van der Waals surface area contributed by atoms with E-state index in [2.05, 4.69) is 6.92 Å². The van der Waals surface area contributed by atoms with Crippen molar-refractivity contribution in [3.63, 3.8) is 0 Å². The summed E-state index contributed by atoms with van der Waals surface area (Å²) < 4.78 is 5.29. The maximum atomic E-state index is 12.1. The normalized spacial score (nSPS) is 12.0. The third kappa shape index (κ3) is 4.56. The summed E-state index contributed by atoms with van der Waals surface area (Å²) in [7, 11) is 3.46. The molecule has 0 saturated carbocycles. The van der Waals surface area contributed by atoms with E-state index in [0.717, 1.165) is 17.7 Å². The van der Waals surface area contributed by atoms with Gasteiger partial charge in [-0.15, -0.1) is 0 Å². The molecule has 0 heterocycles. The highest BCUT2D eigenvalue weighted by Crippen LogP contribution is 2.19. The van der Waals surface area contributed by atoms with Crippen molar-refractivity contribution in [3.05, 3.63) is 29.8 Å². The summed E-state index contributed by atoms with van der Waals surface area (Å²) in [6.07, 6.45) is 1.45. The largest absolute Gasteiger partial charge is 0.496 e. The van der Waals surface area contributed by atoms with Gasteiger partial charge in [0.05, 0.1) is 7.11 Å². The Morgan fingerprint density at radius 2 is 2.11 bits per heavy atom. The molecule has 1 unspecified atom stereocenters. The number of ether oxygens (including phenoxy) is 1. The molecule has 0 saturated heterocycles. The Balaban J connectivity index is 2.63. The monoisotopic (exact) mass is 264 g/mol. The molecule has 0 aromatic heterocycles. The van der Waals surface area contributed by atoms with E-state index in [0.29, 0.717) is 19.5 Å². The highest BCUT2D eigenvalue weighted by molar-refractivity contribution is 5.76. The van der Waals surface area contributed by atoms with Crippen molar-refractivity contribution in [2.45, 2.75) is 26.3 Å². The number of hydrogen-bond donors (Lipinski definition) is 1. The molecule has 1 rings (SSSR count). The number of nitrogens with zero attached hydrogens (tertiary/aromatic N) is 1. The Hall–Kier alpha value is -1.55. The fourth-order valence-electron chi connectivity index (χ4n) is 1.97. The average Bonchev–Trinajstić information content (AvgIpc) is 2.44. The average molecular weight is 264 g/mol. The van der Waals surface area contributed by atoms with E-state index in [9.17, 15) is 4.79 Å². The van der Waals surface area contributed by atoms with Crippen LogP contribution in [0.5, 0.6) is 5.75 Å². The number of carbonyl (C=O) groups is 1. The van der Waals surface area contributed by atoms with Crippen molar-refractivity contribution >= 4 is 5.91 Å². The highest BCUT2D eigenvalue weighted by atomic mass is 16.5. The molecule has 19 heavy (non-hydrogen) atoms. The Morgan fingerprint density at radius 3 is 2.68 bits per heavy atom. The smallest absolute Gasteiger partial charge is 0.222 e. The van der Waals surface area contributed by atoms with Gasteiger partial charge < -0.3 is 15.4 Å². The van der Waals surface area contributed by atoms with Crippen LogP contribution in [0.4, 0.5) is 0 Å². The lowest BCUT2D eigenvalue weighted by atomic mass is 10.0. The van der Waals surface area contributed by atoms with Gasteiger partial charge >= 0.3 is 0 Å². The Bertz CT molecular complexity index is 403. The number of rotatable bonds is 7. The summed E-state index contributed by atoms with van der Waals surface area (Å²) in [5, 5.41) is 0. The van der Waals surface area contributed by atoms with Crippen molar-refractivity contribution in [2.75, 3.05) is 20.7 Å². The summed E-state index contributed by atoms with van der Waals surface area (Å²) in [5.74, 6) is 1.21. The SMILES string of the molecule is CCC(CN)CC(=O)N(C)Cc1ccccc1OC. The molecule has 2 N–H and O–H groups in total. The van der Waals surface area contributed by atoms with Crippen LogP contribution < -0.4 is 10.5 Å². The van der Waals surface area contributed by atoms with Crippen LogP contribution >= 0.6 is 0 Å². The van der Waals surface area contributed by atoms with Gasteiger partial charge in [-0.2, -0.15) is 0 Å². The number of benzene rings is 1. The molecule has 0 fully saturated rings. The molecule has 0 radical (unpaired) electrons. The van der Waals surface area contributed by atoms with E-state index in [1.165, 1.54) is 0 Å². The van der Waals surface area contributed by atoms with Crippen LogP contribution in [0.1, 0.15) is 25.3 Å². The molecule has 0 bridgehead atoms. The molecule has 1 atom stereocenters. The predicted octanol–water partition coefficient (Wildman–Crippen LogP) is 2.03. The van der Waals surface area contributed by atoms with Crippen molar-refractivity contribution in [1.82, 2.24) is 4.90 Å². The van der Waals surface area contributed by atoms with Crippen LogP contribution in [0.25, 0.3) is 0 Å². The summed E-state index contributed by atoms with van der Waals surface area (Å²) >= 11 is 0. The molecule has 1 aromatic rings. The van der Waals surface area contributed by atoms with Crippen molar-refractivity contribution in [2.24, 2.45) is 11.7 Å². The van der Waals surface area contributed by atoms with Gasteiger partial charge in [-0.25, -0.2) is 0 Å². The van der Waals surface area contributed by atoms with Crippen LogP contribution in [-0.2, 0) is 11.3 Å². The molecule has 106 valence electrons. The minimum absolute atomic E-state index is 0.128. The van der Waals surface area contributed by atoms with Crippen LogP contribution in [0.3, 0.4) is 0 Å². The number of nitrogens with two attached hydrogens (primary N) is 1. The minimum Gasteiger partial charge on any atom is -0.496 e. The zero-order valence-corrected chi connectivity index (χ0v) is 12.1. The van der Waals surface area contributed by atoms with Crippen molar-refractivity contribution < 1.29 is 9.53 Å². The second-order valence-corrected chi connectivity index (χ2v) is 4.78. The first-order valence-corrected chi connectivity index (χ1v) is 6.68. The first-order valence-electron chi connectivity index (χ1n) is 6.68. The standard InChI is InChI=1S/C15H24N2O2/c1-4-12(10-16)9-15(18)17(2)11-13-7-5-6-8-14(13)19-3/h5-8,12H,4,9-11,16H2,1-3H3. The molecule has 1 amide bonds. The first kappa shape index (κ1) is 15.5. The molecule has 0 spiro atoms. The van der Waals surface area contributed by atoms with Crippen LogP contribution in [0.15, 0.2) is 24.3 Å². The quantitative estimate of drug-likeness (QED) is 0.820. The molecule has 4 heteroatoms. The number of para-hydroxylation sites is 1. The third-order valence-corrected chi connectivity index (χ3v) is 3.40. The number of hydrogen-bond acceptors (Lipinski definition) is 3. The molecule has 4 nitrogen and oxygen atoms in total. The fourth-order valence-corrected chi connectivity index (χ4v) is 1.97. The van der Waals surface area contributed by atoms with Gasteiger partial charge in [0, 0.05) is 25.6 Å². The predicted molar refractivity (Wildman–Crippen MR) is 76.9 cm³/mol. The van der Waals surface area contributed by atoms with Gasteiger partial charge in [-0.1, -0.05) is 31.5 Å². The van der Waals surface area contributed by atoms with Gasteiger partial charge in [0.1, 0.15) is 5.75 Å². The van der Waals surface area contributed by atoms with E-state index in [1.807, 2.05) is 31.3 Å². The summed E-state index contributed by atoms with van der Waals surface area (Å²) in [4.78, 5) is 13.8. The van der Waals surface area contributed by atoms with Crippen LogP contribution in [0.2, 0.25) is 0 Å². The van der Waals surface area contributed by atoms with Gasteiger partial charge in [0.25, 0.3) is 0 Å². The molecule has 1 aromatic carbocycles. The Morgan fingerprint density at radius 1 is 1.42 bits per heavy atom. The maximum Gasteiger partial charge on any atom is 0.222 e. The second-order valence-electron chi connectivity index (χ2n) is 4.78. The number of methoxy groups -OCH3 is 1. The van der Waals surface area contributed by atoms with Gasteiger partial charge in [0.2, 0.25) is 5.91 Å². The van der Waals surface area contributed by atoms with Gasteiger partial charge in [-0.3, -0.25) is 4.79 Å². The molecular formula is C15H24N2O2. The van der Waals surface area contributed by atoms with E-state index < -0.39 is 0 Å². The van der Waals surface area contributed by atoms with E-state index in [-0.39, 0.29) is 11.8 Å². The summed E-state index contributed by atoms with van der Waals surface area (Å²) in [6, 6.07) is 7.75. The number of carbonyl (C=O) groups excluding carboxylic acids is 1. The third-order valence-electron chi connectivity index (χ3n) is 3.40. The van der Waals surface area contributed by atoms with Crippen molar-refractivity contribution in [3.8, 4) is 5.75 Å². The van der Waals surface area contributed by atoms with Gasteiger partial charge in [-0.05, 0) is 18.5 Å². The lowest BCUT2D eigenvalue weighted by molar-refractivity contribution is -0.131. The van der Waals surface area contributed by atoms with Crippen molar-refractivity contribution in [1.29, 1.82) is 0 Å². The topological polar surface area (TPSA) is 55.6 Å².